The van der Waals surface area contributed by atoms with Crippen LogP contribution in [-0.2, 0) is 4.79 Å². The summed E-state index contributed by atoms with van der Waals surface area (Å²) in [6.45, 7) is 5.30. The molecular formula is C20H19N3O4. The first kappa shape index (κ1) is 18.2. The van der Waals surface area contributed by atoms with E-state index in [-0.39, 0.29) is 11.7 Å². The van der Waals surface area contributed by atoms with Crippen LogP contribution in [0.4, 0.5) is 0 Å². The van der Waals surface area contributed by atoms with Crippen molar-refractivity contribution in [3.05, 3.63) is 71.4 Å². The van der Waals surface area contributed by atoms with E-state index in [0.29, 0.717) is 5.75 Å². The average molecular weight is 365 g/mol. The maximum absolute atomic E-state index is 11.8. The third-order valence-electron chi connectivity index (χ3n) is 3.94. The highest BCUT2D eigenvalue weighted by atomic mass is 16.5. The van der Waals surface area contributed by atoms with E-state index in [4.69, 9.17) is 9.15 Å². The molecule has 0 aliphatic heterocycles. The number of hydrogen-bond acceptors (Lipinski definition) is 5. The molecule has 0 bridgehead atoms. The third kappa shape index (κ3) is 4.14. The zero-order valence-corrected chi connectivity index (χ0v) is 15.2. The zero-order chi connectivity index (χ0) is 19.4. The summed E-state index contributed by atoms with van der Waals surface area (Å²) in [6.07, 6.45) is 3.02. The molecule has 7 nitrogen and oxygen atoms in total. The van der Waals surface area contributed by atoms with Gasteiger partial charge < -0.3 is 13.7 Å². The van der Waals surface area contributed by atoms with Gasteiger partial charge in [0.25, 0.3) is 0 Å². The van der Waals surface area contributed by atoms with Crippen molar-refractivity contribution in [1.29, 1.82) is 0 Å². The zero-order valence-electron chi connectivity index (χ0n) is 15.2. The van der Waals surface area contributed by atoms with E-state index < -0.39 is 5.91 Å². The molecule has 1 aromatic carbocycles. The molecular weight excluding hydrogens is 346 g/mol. The van der Waals surface area contributed by atoms with Gasteiger partial charge in [0.2, 0.25) is 0 Å². The number of benzene rings is 1. The molecule has 7 heteroatoms. The maximum Gasteiger partial charge on any atom is 0.308 e. The summed E-state index contributed by atoms with van der Waals surface area (Å²) < 4.78 is 12.1. The Hall–Kier alpha value is -3.61. The van der Waals surface area contributed by atoms with Crippen LogP contribution in [0.15, 0.2) is 58.2 Å². The summed E-state index contributed by atoms with van der Waals surface area (Å²) in [5, 5.41) is 4.00. The number of furan rings is 1. The Balaban J connectivity index is 1.77. The Labute approximate surface area is 156 Å². The van der Waals surface area contributed by atoms with E-state index in [9.17, 15) is 9.59 Å². The van der Waals surface area contributed by atoms with Crippen LogP contribution in [0.1, 0.15) is 34.4 Å². The minimum Gasteiger partial charge on any atom is -0.459 e. The van der Waals surface area contributed by atoms with Gasteiger partial charge in [0, 0.05) is 29.6 Å². The van der Waals surface area contributed by atoms with Crippen molar-refractivity contribution in [2.24, 2.45) is 5.10 Å². The Morgan fingerprint density at radius 2 is 1.93 bits per heavy atom. The van der Waals surface area contributed by atoms with Crippen molar-refractivity contribution in [3.63, 3.8) is 0 Å². The number of rotatable bonds is 5. The minimum absolute atomic E-state index is 0.200. The van der Waals surface area contributed by atoms with Gasteiger partial charge >= 0.3 is 11.9 Å². The van der Waals surface area contributed by atoms with Gasteiger partial charge in [0.1, 0.15) is 5.75 Å². The number of aromatic nitrogens is 1. The van der Waals surface area contributed by atoms with Gasteiger partial charge in [0.05, 0.1) is 12.5 Å². The van der Waals surface area contributed by atoms with Crippen LogP contribution >= 0.6 is 0 Å². The van der Waals surface area contributed by atoms with Gasteiger partial charge in [-0.05, 0) is 56.3 Å². The molecule has 0 unspecified atom stereocenters. The van der Waals surface area contributed by atoms with Crippen molar-refractivity contribution in [2.45, 2.75) is 20.8 Å². The molecule has 3 aromatic rings. The third-order valence-corrected chi connectivity index (χ3v) is 3.94. The highest BCUT2D eigenvalue weighted by Crippen LogP contribution is 2.22. The standard InChI is InChI=1S/C20H19N3O4/c1-13-11-16(12-21-22-20(25)19-5-4-10-26-19)14(2)23(13)17-6-8-18(9-7-17)27-15(3)24/h4-12H,1-3H3,(H,22,25)/b21-12-. The van der Waals surface area contributed by atoms with Crippen molar-refractivity contribution in [3.8, 4) is 11.4 Å². The Morgan fingerprint density at radius 3 is 2.56 bits per heavy atom. The molecule has 0 saturated carbocycles. The first-order chi connectivity index (χ1) is 13.0. The fourth-order valence-electron chi connectivity index (χ4n) is 2.77. The van der Waals surface area contributed by atoms with Crippen LogP contribution in [0.25, 0.3) is 5.69 Å². The molecule has 27 heavy (non-hydrogen) atoms. The Bertz CT molecular complexity index is 983. The number of nitrogens with one attached hydrogen (secondary N) is 1. The molecule has 2 heterocycles. The van der Waals surface area contributed by atoms with Crippen LogP contribution < -0.4 is 10.2 Å². The summed E-state index contributed by atoms with van der Waals surface area (Å²) in [7, 11) is 0. The first-order valence-electron chi connectivity index (χ1n) is 8.30. The number of hydrazone groups is 1. The molecule has 1 N–H and O–H groups in total. The number of ether oxygens (including phenoxy) is 1. The summed E-state index contributed by atoms with van der Waals surface area (Å²) >= 11 is 0. The molecule has 0 aliphatic rings. The van der Waals surface area contributed by atoms with Gasteiger partial charge in [-0.1, -0.05) is 0 Å². The highest BCUT2D eigenvalue weighted by Gasteiger charge is 2.11. The molecule has 0 fully saturated rings. The van der Waals surface area contributed by atoms with Crippen LogP contribution in [0.3, 0.4) is 0 Å². The lowest BCUT2D eigenvalue weighted by molar-refractivity contribution is -0.131. The summed E-state index contributed by atoms with van der Waals surface area (Å²) in [6, 6.07) is 12.4. The molecule has 0 aliphatic carbocycles. The van der Waals surface area contributed by atoms with Gasteiger partial charge in [-0.3, -0.25) is 9.59 Å². The van der Waals surface area contributed by atoms with Crippen LogP contribution in [0, 0.1) is 13.8 Å². The minimum atomic E-state index is -0.411. The largest absolute Gasteiger partial charge is 0.459 e. The SMILES string of the molecule is CC(=O)Oc1ccc(-n2c(C)cc(/C=N\NC(=O)c3ccco3)c2C)cc1. The van der Waals surface area contributed by atoms with Crippen LogP contribution in [0.2, 0.25) is 0 Å². The predicted octanol–water partition coefficient (Wildman–Crippen LogP) is 3.38. The fraction of sp³-hybridized carbons (Fsp3) is 0.150. The van der Waals surface area contributed by atoms with E-state index in [2.05, 4.69) is 10.5 Å². The first-order valence-corrected chi connectivity index (χ1v) is 8.30. The van der Waals surface area contributed by atoms with Crippen molar-refractivity contribution in [1.82, 2.24) is 9.99 Å². The number of aryl methyl sites for hydroxylation is 1. The molecule has 138 valence electrons. The quantitative estimate of drug-likeness (QED) is 0.325. The summed E-state index contributed by atoms with van der Waals surface area (Å²) in [5.74, 6) is -0.0704. The average Bonchev–Trinajstić information content (AvgIpc) is 3.25. The predicted molar refractivity (Wildman–Crippen MR) is 100 cm³/mol. The van der Waals surface area contributed by atoms with Crippen molar-refractivity contribution in [2.75, 3.05) is 0 Å². The number of carbonyl (C=O) groups excluding carboxylic acids is 2. The lowest BCUT2D eigenvalue weighted by Crippen LogP contribution is -2.16. The molecule has 0 spiro atoms. The summed E-state index contributed by atoms with van der Waals surface area (Å²) in [5.41, 5.74) is 6.20. The van der Waals surface area contributed by atoms with E-state index in [1.54, 1.807) is 30.5 Å². The number of nitrogens with zero attached hydrogens (tertiary/aromatic N) is 2. The lowest BCUT2D eigenvalue weighted by Gasteiger charge is -2.10. The lowest BCUT2D eigenvalue weighted by atomic mass is 10.2. The smallest absolute Gasteiger partial charge is 0.308 e. The number of carbonyl (C=O) groups is 2. The Morgan fingerprint density at radius 1 is 1.19 bits per heavy atom. The molecule has 2 aromatic heterocycles. The normalized spacial score (nSPS) is 10.9. The fourth-order valence-corrected chi connectivity index (χ4v) is 2.77. The number of hydrogen-bond donors (Lipinski definition) is 1. The molecule has 1 amide bonds. The van der Waals surface area contributed by atoms with E-state index in [1.807, 2.05) is 36.6 Å². The molecule has 0 saturated heterocycles. The topological polar surface area (TPSA) is 85.8 Å². The number of amides is 1. The highest BCUT2D eigenvalue weighted by molar-refractivity contribution is 5.92. The van der Waals surface area contributed by atoms with E-state index in [0.717, 1.165) is 22.6 Å². The van der Waals surface area contributed by atoms with Gasteiger partial charge in [-0.2, -0.15) is 5.10 Å². The van der Waals surface area contributed by atoms with Crippen molar-refractivity contribution < 1.29 is 18.7 Å². The monoisotopic (exact) mass is 365 g/mol. The second kappa shape index (κ2) is 7.74. The maximum atomic E-state index is 11.8. The van der Waals surface area contributed by atoms with E-state index in [1.165, 1.54) is 13.2 Å². The molecule has 0 atom stereocenters. The Kier molecular flexibility index (Phi) is 5.21. The van der Waals surface area contributed by atoms with Gasteiger partial charge in [0.15, 0.2) is 5.76 Å². The van der Waals surface area contributed by atoms with Crippen molar-refractivity contribution >= 4 is 18.1 Å². The van der Waals surface area contributed by atoms with Crippen LogP contribution in [0.5, 0.6) is 5.75 Å². The van der Waals surface area contributed by atoms with E-state index >= 15 is 0 Å². The molecule has 0 radical (unpaired) electrons. The van der Waals surface area contributed by atoms with Gasteiger partial charge in [-0.25, -0.2) is 5.43 Å². The second-order valence-electron chi connectivity index (χ2n) is 5.93. The summed E-state index contributed by atoms with van der Waals surface area (Å²) in [4.78, 5) is 22.8. The van der Waals surface area contributed by atoms with Crippen LogP contribution in [-0.4, -0.2) is 22.7 Å². The second-order valence-corrected chi connectivity index (χ2v) is 5.93. The molecule has 3 rings (SSSR count). The number of esters is 1. The van der Waals surface area contributed by atoms with Gasteiger partial charge in [-0.15, -0.1) is 0 Å².